The number of aromatic carboxylic acids is 1. The summed E-state index contributed by atoms with van der Waals surface area (Å²) >= 11 is 1.01. The Bertz CT molecular complexity index is 962. The number of nitrogens with zero attached hydrogens (tertiary/aromatic N) is 2. The second-order valence-electron chi connectivity index (χ2n) is 9.47. The summed E-state index contributed by atoms with van der Waals surface area (Å²) in [4.78, 5) is 42.4. The van der Waals surface area contributed by atoms with Gasteiger partial charge in [-0.1, -0.05) is 18.8 Å². The maximum Gasteiger partial charge on any atom is 0.348 e. The molecule has 1 aliphatic carbocycles. The highest BCUT2D eigenvalue weighted by molar-refractivity contribution is 7.15. The van der Waals surface area contributed by atoms with Gasteiger partial charge in [0.25, 0.3) is 0 Å². The van der Waals surface area contributed by atoms with E-state index in [2.05, 4.69) is 18.8 Å². The second-order valence-corrected chi connectivity index (χ2v) is 10.5. The number of thiophene rings is 1. The van der Waals surface area contributed by atoms with Crippen molar-refractivity contribution in [2.45, 2.75) is 52.1 Å². The van der Waals surface area contributed by atoms with Crippen LogP contribution in [0.5, 0.6) is 0 Å². The summed E-state index contributed by atoms with van der Waals surface area (Å²) in [7, 11) is 1.56. The molecule has 1 aliphatic heterocycles. The van der Waals surface area contributed by atoms with Crippen molar-refractivity contribution in [3.63, 3.8) is 0 Å². The number of amides is 2. The summed E-state index contributed by atoms with van der Waals surface area (Å²) in [6, 6.07) is 1.61. The molecule has 1 aromatic heterocycles. The quantitative estimate of drug-likeness (QED) is 0.615. The summed E-state index contributed by atoms with van der Waals surface area (Å²) < 4.78 is 10.7. The monoisotopic (exact) mass is 490 g/mol. The van der Waals surface area contributed by atoms with E-state index in [4.69, 9.17) is 9.47 Å². The number of rotatable bonds is 6. The number of methoxy groups -OCH3 is 1. The summed E-state index contributed by atoms with van der Waals surface area (Å²) in [5.74, 6) is 4.76. The zero-order valence-electron chi connectivity index (χ0n) is 20.4. The molecule has 2 fully saturated rings. The van der Waals surface area contributed by atoms with Crippen LogP contribution in [0.15, 0.2) is 6.07 Å². The Morgan fingerprint density at radius 2 is 1.88 bits per heavy atom. The van der Waals surface area contributed by atoms with Gasteiger partial charge in [0.1, 0.15) is 17.0 Å². The van der Waals surface area contributed by atoms with Crippen molar-refractivity contribution in [3.05, 3.63) is 15.8 Å². The number of ether oxygens (including phenoxy) is 2. The normalized spacial score (nSPS) is 20.9. The van der Waals surface area contributed by atoms with E-state index >= 15 is 0 Å². The first-order valence-electron chi connectivity index (χ1n) is 11.7. The molecule has 0 aromatic carbocycles. The standard InChI is InChI=1S/C25H34N2O6S/c1-17-5-7-18(8-6-17)23(29)27(16-21(28)26-11-13-33-14-12-26)20-15-19(34-22(20)24(30)31)9-10-25(2,3)32-4/h15,17-18H,5-8,11-14,16H2,1-4H3,(H,30,31)/t17-,18-. The van der Waals surface area contributed by atoms with Gasteiger partial charge in [-0.2, -0.15) is 0 Å². The highest BCUT2D eigenvalue weighted by atomic mass is 32.1. The van der Waals surface area contributed by atoms with Gasteiger partial charge in [-0.3, -0.25) is 9.59 Å². The summed E-state index contributed by atoms with van der Waals surface area (Å²) in [6.07, 6.45) is 3.37. The molecule has 0 radical (unpaired) electrons. The zero-order valence-corrected chi connectivity index (χ0v) is 21.2. The average molecular weight is 491 g/mol. The Hall–Kier alpha value is -2.41. The van der Waals surface area contributed by atoms with Gasteiger partial charge in [0.2, 0.25) is 11.8 Å². The van der Waals surface area contributed by atoms with Crippen molar-refractivity contribution in [2.75, 3.05) is 44.9 Å². The topological polar surface area (TPSA) is 96.4 Å². The van der Waals surface area contributed by atoms with E-state index in [0.29, 0.717) is 37.1 Å². The number of hydrogen-bond acceptors (Lipinski definition) is 6. The van der Waals surface area contributed by atoms with Crippen LogP contribution in [0.2, 0.25) is 0 Å². The van der Waals surface area contributed by atoms with Crippen LogP contribution in [0, 0.1) is 23.7 Å². The molecule has 1 aromatic rings. The predicted octanol–water partition coefficient (Wildman–Crippen LogP) is 3.24. The molecular formula is C25H34N2O6S. The summed E-state index contributed by atoms with van der Waals surface area (Å²) in [5.41, 5.74) is -0.462. The van der Waals surface area contributed by atoms with Crippen LogP contribution in [-0.2, 0) is 19.1 Å². The fourth-order valence-corrected chi connectivity index (χ4v) is 4.97. The van der Waals surface area contributed by atoms with Crippen molar-refractivity contribution in [2.24, 2.45) is 11.8 Å². The Morgan fingerprint density at radius 1 is 1.24 bits per heavy atom. The molecule has 0 unspecified atom stereocenters. The van der Waals surface area contributed by atoms with E-state index in [9.17, 15) is 19.5 Å². The number of carboxylic acids is 1. The van der Waals surface area contributed by atoms with Gasteiger partial charge >= 0.3 is 5.97 Å². The smallest absolute Gasteiger partial charge is 0.348 e. The molecule has 0 atom stereocenters. The van der Waals surface area contributed by atoms with Gasteiger partial charge in [-0.25, -0.2) is 4.79 Å². The Morgan fingerprint density at radius 3 is 2.47 bits per heavy atom. The molecule has 3 rings (SSSR count). The lowest BCUT2D eigenvalue weighted by molar-refractivity contribution is -0.135. The van der Waals surface area contributed by atoms with Gasteiger partial charge in [-0.15, -0.1) is 11.3 Å². The van der Waals surface area contributed by atoms with Crippen molar-refractivity contribution < 1.29 is 29.0 Å². The van der Waals surface area contributed by atoms with Crippen LogP contribution in [-0.4, -0.2) is 73.3 Å². The molecule has 2 heterocycles. The molecule has 0 bridgehead atoms. The minimum absolute atomic E-state index is 0.00632. The fraction of sp³-hybridized carbons (Fsp3) is 0.640. The SMILES string of the molecule is COC(C)(C)C#Cc1cc(N(CC(=O)N2CCOCC2)C(=O)[C@H]2CC[C@H](C)CC2)c(C(=O)O)s1. The van der Waals surface area contributed by atoms with Gasteiger partial charge < -0.3 is 24.4 Å². The van der Waals surface area contributed by atoms with Gasteiger partial charge in [0.15, 0.2) is 0 Å². The van der Waals surface area contributed by atoms with Crippen LogP contribution in [0.3, 0.4) is 0 Å². The summed E-state index contributed by atoms with van der Waals surface area (Å²) in [5, 5.41) is 9.90. The lowest BCUT2D eigenvalue weighted by Gasteiger charge is -2.33. The molecule has 1 N–H and O–H groups in total. The van der Waals surface area contributed by atoms with E-state index in [1.165, 1.54) is 4.90 Å². The Labute approximate surface area is 205 Å². The zero-order chi connectivity index (χ0) is 24.9. The molecule has 2 amide bonds. The molecule has 186 valence electrons. The number of carbonyl (C=O) groups excluding carboxylic acids is 2. The molecule has 0 spiro atoms. The van der Waals surface area contributed by atoms with E-state index in [1.807, 2.05) is 13.8 Å². The van der Waals surface area contributed by atoms with Crippen LogP contribution in [0.1, 0.15) is 61.0 Å². The number of morpholine rings is 1. The predicted molar refractivity (Wildman–Crippen MR) is 130 cm³/mol. The number of anilines is 1. The molecule has 1 saturated heterocycles. The van der Waals surface area contributed by atoms with Gasteiger partial charge in [-0.05, 0) is 51.5 Å². The fourth-order valence-electron chi connectivity index (χ4n) is 4.12. The van der Waals surface area contributed by atoms with Crippen molar-refractivity contribution in [1.82, 2.24) is 4.90 Å². The van der Waals surface area contributed by atoms with E-state index in [-0.39, 0.29) is 34.8 Å². The first-order chi connectivity index (χ1) is 16.1. The number of carboxylic acid groups (broad SMARTS) is 1. The van der Waals surface area contributed by atoms with Crippen LogP contribution in [0.25, 0.3) is 0 Å². The lowest BCUT2D eigenvalue weighted by Crippen LogP contribution is -2.48. The van der Waals surface area contributed by atoms with E-state index in [1.54, 1.807) is 18.1 Å². The third kappa shape index (κ3) is 6.59. The minimum Gasteiger partial charge on any atom is -0.477 e. The molecule has 8 nitrogen and oxygen atoms in total. The largest absolute Gasteiger partial charge is 0.477 e. The third-order valence-corrected chi connectivity index (χ3v) is 7.51. The van der Waals surface area contributed by atoms with Crippen molar-refractivity contribution >= 4 is 34.8 Å². The second kappa shape index (κ2) is 11.3. The molecule has 34 heavy (non-hydrogen) atoms. The van der Waals surface area contributed by atoms with E-state index < -0.39 is 11.6 Å². The first kappa shape index (κ1) is 26.2. The van der Waals surface area contributed by atoms with E-state index in [0.717, 1.165) is 37.0 Å². The molecule has 9 heteroatoms. The van der Waals surface area contributed by atoms with Crippen LogP contribution < -0.4 is 4.90 Å². The van der Waals surface area contributed by atoms with Crippen LogP contribution >= 0.6 is 11.3 Å². The highest BCUT2D eigenvalue weighted by Gasteiger charge is 2.34. The maximum absolute atomic E-state index is 13.7. The minimum atomic E-state index is -1.15. The third-order valence-electron chi connectivity index (χ3n) is 6.48. The lowest BCUT2D eigenvalue weighted by atomic mass is 9.82. The average Bonchev–Trinajstić information content (AvgIpc) is 3.26. The number of hydrogen-bond donors (Lipinski definition) is 1. The maximum atomic E-state index is 13.7. The molecule has 2 aliphatic rings. The van der Waals surface area contributed by atoms with Crippen LogP contribution in [0.4, 0.5) is 5.69 Å². The summed E-state index contributed by atoms with van der Waals surface area (Å²) in [6.45, 7) is 7.43. The van der Waals surface area contributed by atoms with Gasteiger partial charge in [0.05, 0.1) is 23.8 Å². The molecule has 1 saturated carbocycles. The molecular weight excluding hydrogens is 456 g/mol. The Kier molecular flexibility index (Phi) is 8.74. The number of carbonyl (C=O) groups is 3. The Balaban J connectivity index is 1.96. The van der Waals surface area contributed by atoms with Gasteiger partial charge in [0, 0.05) is 26.1 Å². The first-order valence-corrected chi connectivity index (χ1v) is 12.5. The van der Waals surface area contributed by atoms with Crippen molar-refractivity contribution in [3.8, 4) is 11.8 Å². The van der Waals surface area contributed by atoms with Crippen molar-refractivity contribution in [1.29, 1.82) is 0 Å². The highest BCUT2D eigenvalue weighted by Crippen LogP contribution is 2.35.